The molecular weight excluding hydrogens is 288 g/mol. The Morgan fingerprint density at radius 3 is 2.91 bits per heavy atom. The lowest BCUT2D eigenvalue weighted by Crippen LogP contribution is -2.60. The third kappa shape index (κ3) is 3.72. The molecule has 5 heteroatoms. The van der Waals surface area contributed by atoms with Gasteiger partial charge in [0.15, 0.2) is 0 Å². The average molecular weight is 316 g/mol. The minimum atomic E-state index is 0.126. The molecule has 0 aromatic carbocycles. The summed E-state index contributed by atoms with van der Waals surface area (Å²) in [5, 5.41) is 3.02. The summed E-state index contributed by atoms with van der Waals surface area (Å²) in [6.07, 6.45) is 5.66. The van der Waals surface area contributed by atoms with Crippen LogP contribution in [0.25, 0.3) is 0 Å². The summed E-state index contributed by atoms with van der Waals surface area (Å²) in [6.45, 7) is 7.00. The highest BCUT2D eigenvalue weighted by molar-refractivity contribution is 5.76. The van der Waals surface area contributed by atoms with Gasteiger partial charge in [-0.15, -0.1) is 0 Å². The molecule has 1 spiro atoms. The number of aromatic nitrogens is 1. The Bertz CT molecular complexity index is 544. The van der Waals surface area contributed by atoms with Gasteiger partial charge in [0.05, 0.1) is 5.69 Å². The number of rotatable bonds is 3. The summed E-state index contributed by atoms with van der Waals surface area (Å²) in [5.41, 5.74) is 2.56. The van der Waals surface area contributed by atoms with Crippen molar-refractivity contribution in [1.82, 2.24) is 20.1 Å². The molecule has 2 aliphatic rings. The fourth-order valence-corrected chi connectivity index (χ4v) is 3.80. The number of piperazine rings is 1. The van der Waals surface area contributed by atoms with E-state index in [1.54, 1.807) is 0 Å². The summed E-state index contributed by atoms with van der Waals surface area (Å²) >= 11 is 0. The quantitative estimate of drug-likeness (QED) is 0.916. The van der Waals surface area contributed by atoms with Gasteiger partial charge in [0.1, 0.15) is 0 Å². The van der Waals surface area contributed by atoms with Gasteiger partial charge in [0, 0.05) is 50.9 Å². The van der Waals surface area contributed by atoms with E-state index in [0.717, 1.165) is 57.7 Å². The second-order valence-electron chi connectivity index (χ2n) is 6.97. The van der Waals surface area contributed by atoms with Gasteiger partial charge in [-0.3, -0.25) is 19.6 Å². The molecule has 2 saturated heterocycles. The number of carbonyl (C=O) groups is 1. The van der Waals surface area contributed by atoms with E-state index in [4.69, 9.17) is 0 Å². The van der Waals surface area contributed by atoms with Crippen LogP contribution >= 0.6 is 0 Å². The van der Waals surface area contributed by atoms with Crippen molar-refractivity contribution in [2.24, 2.45) is 0 Å². The van der Waals surface area contributed by atoms with Crippen LogP contribution in [0.5, 0.6) is 0 Å². The Labute approximate surface area is 139 Å². The van der Waals surface area contributed by atoms with E-state index >= 15 is 0 Å². The van der Waals surface area contributed by atoms with Crippen LogP contribution in [-0.4, -0.2) is 59.5 Å². The summed E-state index contributed by atoms with van der Waals surface area (Å²) in [4.78, 5) is 21.3. The first-order chi connectivity index (χ1) is 11.1. The van der Waals surface area contributed by atoms with Crippen molar-refractivity contribution in [3.63, 3.8) is 0 Å². The van der Waals surface area contributed by atoms with E-state index in [0.29, 0.717) is 6.42 Å². The lowest BCUT2D eigenvalue weighted by molar-refractivity contribution is -0.121. The Hall–Kier alpha value is -1.46. The molecule has 1 aromatic rings. The van der Waals surface area contributed by atoms with Crippen LogP contribution in [0.1, 0.15) is 37.4 Å². The monoisotopic (exact) mass is 316 g/mol. The van der Waals surface area contributed by atoms with Crippen molar-refractivity contribution < 1.29 is 4.79 Å². The molecule has 0 bridgehead atoms. The zero-order valence-electron chi connectivity index (χ0n) is 14.3. The predicted molar refractivity (Wildman–Crippen MR) is 91.1 cm³/mol. The van der Waals surface area contributed by atoms with Crippen LogP contribution in [0, 0.1) is 0 Å². The highest BCUT2D eigenvalue weighted by atomic mass is 16.1. The van der Waals surface area contributed by atoms with Crippen LogP contribution in [0.2, 0.25) is 0 Å². The summed E-state index contributed by atoms with van der Waals surface area (Å²) in [7, 11) is 2.21. The first-order valence-electron chi connectivity index (χ1n) is 8.75. The molecule has 1 atom stereocenters. The normalized spacial score (nSPS) is 27.0. The third-order valence-electron chi connectivity index (χ3n) is 5.49. The topological polar surface area (TPSA) is 48.5 Å². The molecule has 3 heterocycles. The smallest absolute Gasteiger partial charge is 0.220 e. The highest BCUT2D eigenvalue weighted by Crippen LogP contribution is 2.30. The standard InChI is InChI=1S/C18H28N4O/c1-3-15-4-5-16(20-12-15)13-22-11-10-21(2)18(14-22)7-6-17(23)19-9-8-18/h4-5,12H,3,6-11,13-14H2,1-2H3,(H,19,23). The van der Waals surface area contributed by atoms with Crippen LogP contribution in [0.4, 0.5) is 0 Å². The van der Waals surface area contributed by atoms with Crippen molar-refractivity contribution in [2.75, 3.05) is 33.2 Å². The first-order valence-corrected chi connectivity index (χ1v) is 8.75. The lowest BCUT2D eigenvalue weighted by Gasteiger charge is -2.49. The minimum absolute atomic E-state index is 0.126. The summed E-state index contributed by atoms with van der Waals surface area (Å²) in [6, 6.07) is 4.34. The molecule has 23 heavy (non-hydrogen) atoms. The molecule has 126 valence electrons. The van der Waals surface area contributed by atoms with Crippen molar-refractivity contribution >= 4 is 5.91 Å². The zero-order valence-corrected chi connectivity index (χ0v) is 14.3. The molecular formula is C18H28N4O. The van der Waals surface area contributed by atoms with Gasteiger partial charge in [-0.2, -0.15) is 0 Å². The van der Waals surface area contributed by atoms with Crippen LogP contribution in [-0.2, 0) is 17.8 Å². The van der Waals surface area contributed by atoms with Gasteiger partial charge in [-0.05, 0) is 37.9 Å². The molecule has 1 amide bonds. The predicted octanol–water partition coefficient (Wildman–Crippen LogP) is 1.43. The van der Waals surface area contributed by atoms with Gasteiger partial charge in [0.25, 0.3) is 0 Å². The molecule has 2 aliphatic heterocycles. The zero-order chi connectivity index (χ0) is 16.3. The maximum Gasteiger partial charge on any atom is 0.220 e. The van der Waals surface area contributed by atoms with Crippen molar-refractivity contribution in [3.8, 4) is 0 Å². The minimum Gasteiger partial charge on any atom is -0.356 e. The Kier molecular flexibility index (Phi) is 4.97. The molecule has 0 aliphatic carbocycles. The first kappa shape index (κ1) is 16.4. The van der Waals surface area contributed by atoms with Gasteiger partial charge in [0.2, 0.25) is 5.91 Å². The van der Waals surface area contributed by atoms with E-state index in [9.17, 15) is 4.79 Å². The maximum absolute atomic E-state index is 11.7. The number of hydrogen-bond acceptors (Lipinski definition) is 4. The number of pyridine rings is 1. The highest BCUT2D eigenvalue weighted by Gasteiger charge is 2.40. The van der Waals surface area contributed by atoms with E-state index in [-0.39, 0.29) is 11.4 Å². The largest absolute Gasteiger partial charge is 0.356 e. The fraction of sp³-hybridized carbons (Fsp3) is 0.667. The molecule has 1 unspecified atom stereocenters. The fourth-order valence-electron chi connectivity index (χ4n) is 3.80. The Morgan fingerprint density at radius 2 is 2.17 bits per heavy atom. The van der Waals surface area contributed by atoms with E-state index < -0.39 is 0 Å². The van der Waals surface area contributed by atoms with Crippen molar-refractivity contribution in [2.45, 2.75) is 44.7 Å². The molecule has 3 rings (SSSR count). The number of nitrogens with zero attached hydrogens (tertiary/aromatic N) is 3. The molecule has 1 N–H and O–H groups in total. The lowest BCUT2D eigenvalue weighted by atomic mass is 9.86. The number of amides is 1. The third-order valence-corrected chi connectivity index (χ3v) is 5.49. The van der Waals surface area contributed by atoms with Gasteiger partial charge in [-0.1, -0.05) is 13.0 Å². The number of hydrogen-bond donors (Lipinski definition) is 1. The molecule has 5 nitrogen and oxygen atoms in total. The number of aryl methyl sites for hydroxylation is 1. The van der Waals surface area contributed by atoms with E-state index in [1.165, 1.54) is 5.56 Å². The van der Waals surface area contributed by atoms with Crippen LogP contribution in [0.3, 0.4) is 0 Å². The Balaban J connectivity index is 1.68. The van der Waals surface area contributed by atoms with E-state index in [2.05, 4.69) is 46.2 Å². The van der Waals surface area contributed by atoms with Crippen LogP contribution in [0.15, 0.2) is 18.3 Å². The van der Waals surface area contributed by atoms with Crippen molar-refractivity contribution in [1.29, 1.82) is 0 Å². The SMILES string of the molecule is CCc1ccc(CN2CCN(C)C3(CCNC(=O)CC3)C2)nc1. The van der Waals surface area contributed by atoms with Gasteiger partial charge < -0.3 is 5.32 Å². The second-order valence-corrected chi connectivity index (χ2v) is 6.97. The van der Waals surface area contributed by atoms with Gasteiger partial charge in [-0.25, -0.2) is 0 Å². The summed E-state index contributed by atoms with van der Waals surface area (Å²) in [5.74, 6) is 0.198. The van der Waals surface area contributed by atoms with Gasteiger partial charge >= 0.3 is 0 Å². The average Bonchev–Trinajstić information content (AvgIpc) is 2.75. The van der Waals surface area contributed by atoms with Crippen LogP contribution < -0.4 is 5.32 Å². The maximum atomic E-state index is 11.7. The number of likely N-dealkylation sites (N-methyl/N-ethyl adjacent to an activating group) is 1. The van der Waals surface area contributed by atoms with E-state index in [1.807, 2.05) is 6.20 Å². The molecule has 2 fully saturated rings. The Morgan fingerprint density at radius 1 is 1.30 bits per heavy atom. The van der Waals surface area contributed by atoms with Crippen molar-refractivity contribution in [3.05, 3.63) is 29.6 Å². The summed E-state index contributed by atoms with van der Waals surface area (Å²) < 4.78 is 0. The molecule has 1 aromatic heterocycles. The second kappa shape index (κ2) is 6.97. The number of nitrogens with one attached hydrogen (secondary N) is 1. The molecule has 0 radical (unpaired) electrons. The molecule has 0 saturated carbocycles. The number of carbonyl (C=O) groups excluding carboxylic acids is 1.